The molecule has 2 aromatic rings. The summed E-state index contributed by atoms with van der Waals surface area (Å²) in [7, 11) is -1.31. The molecule has 124 valence electrons. The predicted octanol–water partition coefficient (Wildman–Crippen LogP) is 1.18. The average molecular weight is 336 g/mol. The zero-order valence-corrected chi connectivity index (χ0v) is 14.0. The standard InChI is InChI=1S/C15H20N4O3S/c1-18-13-6-4-3-5-12(13)16-15(18)17-14(20)11-7-9-19(10-8-11)23(2,21)22/h3-6,11H,7-10H2,1-2H3,(H,16,17,20). The number of fused-ring (bicyclic) bond motifs is 1. The molecule has 23 heavy (non-hydrogen) atoms. The van der Waals surface area contributed by atoms with Crippen molar-refractivity contribution in [2.24, 2.45) is 13.0 Å². The first-order valence-corrected chi connectivity index (χ1v) is 9.38. The molecule has 8 heteroatoms. The van der Waals surface area contributed by atoms with Crippen molar-refractivity contribution in [2.75, 3.05) is 24.7 Å². The van der Waals surface area contributed by atoms with E-state index in [4.69, 9.17) is 0 Å². The van der Waals surface area contributed by atoms with Gasteiger partial charge in [0.05, 0.1) is 17.3 Å². The number of nitrogens with zero attached hydrogens (tertiary/aromatic N) is 3. The molecule has 1 aliphatic rings. The average Bonchev–Trinajstić information content (AvgIpc) is 2.83. The van der Waals surface area contributed by atoms with Gasteiger partial charge in [0.1, 0.15) is 0 Å². The van der Waals surface area contributed by atoms with Crippen molar-refractivity contribution in [2.45, 2.75) is 12.8 Å². The van der Waals surface area contributed by atoms with Crippen LogP contribution < -0.4 is 5.32 Å². The summed E-state index contributed by atoms with van der Waals surface area (Å²) in [5.74, 6) is 0.228. The molecule has 0 radical (unpaired) electrons. The molecule has 1 saturated heterocycles. The van der Waals surface area contributed by atoms with Gasteiger partial charge in [0.15, 0.2) is 0 Å². The second-order valence-electron chi connectivity index (χ2n) is 5.91. The summed E-state index contributed by atoms with van der Waals surface area (Å²) in [6.07, 6.45) is 2.26. The normalized spacial score (nSPS) is 17.5. The van der Waals surface area contributed by atoms with Gasteiger partial charge in [0, 0.05) is 26.1 Å². The quantitative estimate of drug-likeness (QED) is 0.912. The van der Waals surface area contributed by atoms with Gasteiger partial charge in [-0.25, -0.2) is 17.7 Å². The molecule has 0 saturated carbocycles. The number of hydrogen-bond donors (Lipinski definition) is 1. The number of amides is 1. The summed E-state index contributed by atoms with van der Waals surface area (Å²) >= 11 is 0. The van der Waals surface area contributed by atoms with Gasteiger partial charge in [-0.05, 0) is 25.0 Å². The number of anilines is 1. The van der Waals surface area contributed by atoms with Gasteiger partial charge in [-0.15, -0.1) is 0 Å². The van der Waals surface area contributed by atoms with Crippen molar-refractivity contribution in [3.63, 3.8) is 0 Å². The van der Waals surface area contributed by atoms with Crippen molar-refractivity contribution < 1.29 is 13.2 Å². The van der Waals surface area contributed by atoms with Crippen LogP contribution in [0.3, 0.4) is 0 Å². The summed E-state index contributed by atoms with van der Waals surface area (Å²) in [5.41, 5.74) is 1.78. The Hall–Kier alpha value is -1.93. The van der Waals surface area contributed by atoms with Gasteiger partial charge in [0.25, 0.3) is 0 Å². The van der Waals surface area contributed by atoms with E-state index in [-0.39, 0.29) is 11.8 Å². The van der Waals surface area contributed by atoms with Crippen LogP contribution in [0, 0.1) is 5.92 Å². The SMILES string of the molecule is Cn1c(NC(=O)C2CCN(S(C)(=O)=O)CC2)nc2ccccc21. The number of carbonyl (C=O) groups excluding carboxylic acids is 1. The highest BCUT2D eigenvalue weighted by Gasteiger charge is 2.29. The van der Waals surface area contributed by atoms with E-state index in [0.717, 1.165) is 11.0 Å². The maximum atomic E-state index is 12.4. The van der Waals surface area contributed by atoms with E-state index in [1.165, 1.54) is 10.6 Å². The number of imidazole rings is 1. The van der Waals surface area contributed by atoms with Gasteiger partial charge in [-0.1, -0.05) is 12.1 Å². The number of rotatable bonds is 3. The van der Waals surface area contributed by atoms with Crippen LogP contribution in [0.5, 0.6) is 0 Å². The molecule has 0 atom stereocenters. The Bertz CT molecular complexity index is 836. The van der Waals surface area contributed by atoms with Gasteiger partial charge < -0.3 is 4.57 Å². The number of benzene rings is 1. The van der Waals surface area contributed by atoms with Crippen LogP contribution in [-0.2, 0) is 21.9 Å². The highest BCUT2D eigenvalue weighted by atomic mass is 32.2. The molecule has 0 unspecified atom stereocenters. The minimum Gasteiger partial charge on any atom is -0.313 e. The molecule has 0 bridgehead atoms. The summed E-state index contributed by atoms with van der Waals surface area (Å²) in [6.45, 7) is 0.777. The highest BCUT2D eigenvalue weighted by molar-refractivity contribution is 7.88. The van der Waals surface area contributed by atoms with Crippen LogP contribution >= 0.6 is 0 Å². The van der Waals surface area contributed by atoms with Crippen LogP contribution in [0.25, 0.3) is 11.0 Å². The van der Waals surface area contributed by atoms with Crippen LogP contribution in [0.1, 0.15) is 12.8 Å². The second kappa shape index (κ2) is 5.93. The van der Waals surface area contributed by atoms with E-state index in [1.807, 2.05) is 35.9 Å². The molecule has 0 aliphatic carbocycles. The maximum absolute atomic E-state index is 12.4. The number of aryl methyl sites for hydroxylation is 1. The molecule has 2 heterocycles. The van der Waals surface area contributed by atoms with E-state index in [1.54, 1.807) is 0 Å². The Morgan fingerprint density at radius 2 is 1.91 bits per heavy atom. The lowest BCUT2D eigenvalue weighted by atomic mass is 9.97. The first-order valence-electron chi connectivity index (χ1n) is 7.53. The first kappa shape index (κ1) is 15.9. The number of piperidine rings is 1. The van der Waals surface area contributed by atoms with Gasteiger partial charge in [0.2, 0.25) is 21.9 Å². The van der Waals surface area contributed by atoms with E-state index in [0.29, 0.717) is 31.9 Å². The van der Waals surface area contributed by atoms with E-state index < -0.39 is 10.0 Å². The monoisotopic (exact) mass is 336 g/mol. The molecule has 1 amide bonds. The summed E-state index contributed by atoms with van der Waals surface area (Å²) in [5, 5.41) is 2.87. The lowest BCUT2D eigenvalue weighted by Gasteiger charge is -2.29. The van der Waals surface area contributed by atoms with Crippen LogP contribution in [-0.4, -0.2) is 47.5 Å². The van der Waals surface area contributed by atoms with Gasteiger partial charge in [-0.2, -0.15) is 0 Å². The molecule has 1 aliphatic heterocycles. The van der Waals surface area contributed by atoms with Gasteiger partial charge in [-0.3, -0.25) is 10.1 Å². The molecule has 3 rings (SSSR count). The third-order valence-corrected chi connectivity index (χ3v) is 5.62. The topological polar surface area (TPSA) is 84.3 Å². The van der Waals surface area contributed by atoms with Crippen LogP contribution in [0.15, 0.2) is 24.3 Å². The lowest BCUT2D eigenvalue weighted by molar-refractivity contribution is -0.121. The Balaban J connectivity index is 1.69. The Morgan fingerprint density at radius 1 is 1.26 bits per heavy atom. The van der Waals surface area contributed by atoms with Crippen molar-refractivity contribution in [3.05, 3.63) is 24.3 Å². The number of sulfonamides is 1. The van der Waals surface area contributed by atoms with Crippen molar-refractivity contribution >= 4 is 32.9 Å². The Kier molecular flexibility index (Phi) is 4.11. The third kappa shape index (κ3) is 3.23. The zero-order valence-electron chi connectivity index (χ0n) is 13.2. The number of para-hydroxylation sites is 2. The number of hydrogen-bond acceptors (Lipinski definition) is 4. The van der Waals surface area contributed by atoms with Gasteiger partial charge >= 0.3 is 0 Å². The molecule has 1 aromatic heterocycles. The summed E-state index contributed by atoms with van der Waals surface area (Å²) in [6, 6.07) is 7.68. The summed E-state index contributed by atoms with van der Waals surface area (Å²) < 4.78 is 26.3. The lowest BCUT2D eigenvalue weighted by Crippen LogP contribution is -2.41. The van der Waals surface area contributed by atoms with E-state index in [9.17, 15) is 13.2 Å². The van der Waals surface area contributed by atoms with Crippen LogP contribution in [0.4, 0.5) is 5.95 Å². The fourth-order valence-electron chi connectivity index (χ4n) is 2.92. The smallest absolute Gasteiger partial charge is 0.229 e. The molecule has 0 spiro atoms. The number of aromatic nitrogens is 2. The van der Waals surface area contributed by atoms with Crippen molar-refractivity contribution in [1.29, 1.82) is 0 Å². The minimum absolute atomic E-state index is 0.100. The fraction of sp³-hybridized carbons (Fsp3) is 0.467. The minimum atomic E-state index is -3.17. The van der Waals surface area contributed by atoms with Crippen molar-refractivity contribution in [3.8, 4) is 0 Å². The number of nitrogens with one attached hydrogen (secondary N) is 1. The largest absolute Gasteiger partial charge is 0.313 e. The van der Waals surface area contributed by atoms with E-state index >= 15 is 0 Å². The van der Waals surface area contributed by atoms with Crippen molar-refractivity contribution in [1.82, 2.24) is 13.9 Å². The molecular weight excluding hydrogens is 316 g/mol. The second-order valence-corrected chi connectivity index (χ2v) is 7.89. The molecule has 1 fully saturated rings. The molecule has 1 aromatic carbocycles. The third-order valence-electron chi connectivity index (χ3n) is 4.32. The molecular formula is C15H20N4O3S. The molecule has 1 N–H and O–H groups in total. The van der Waals surface area contributed by atoms with E-state index in [2.05, 4.69) is 10.3 Å². The maximum Gasteiger partial charge on any atom is 0.229 e. The first-order chi connectivity index (χ1) is 10.9. The highest BCUT2D eigenvalue weighted by Crippen LogP contribution is 2.22. The Morgan fingerprint density at radius 3 is 2.52 bits per heavy atom. The Labute approximate surface area is 135 Å². The fourth-order valence-corrected chi connectivity index (χ4v) is 3.79. The zero-order chi connectivity index (χ0) is 16.6. The number of carbonyl (C=O) groups is 1. The predicted molar refractivity (Wildman–Crippen MR) is 88.5 cm³/mol. The van der Waals surface area contributed by atoms with Crippen LogP contribution in [0.2, 0.25) is 0 Å². The molecule has 7 nitrogen and oxygen atoms in total. The summed E-state index contributed by atoms with van der Waals surface area (Å²) in [4.78, 5) is 16.8.